The zero-order valence-electron chi connectivity index (χ0n) is 18.0. The summed E-state index contributed by atoms with van der Waals surface area (Å²) < 4.78 is 2.68. The molecule has 0 spiro atoms. The first-order valence-corrected chi connectivity index (χ1v) is 12.1. The van der Waals surface area contributed by atoms with Crippen LogP contribution in [0.25, 0.3) is 52.4 Å². The van der Waals surface area contributed by atoms with Gasteiger partial charge in [-0.3, -0.25) is 0 Å². The summed E-state index contributed by atoms with van der Waals surface area (Å²) in [5, 5.41) is 6.32. The van der Waals surface area contributed by atoms with Gasteiger partial charge in [0.05, 0.1) is 15.1 Å². The lowest BCUT2D eigenvalue weighted by molar-refractivity contribution is 0.596. The molecule has 0 saturated heterocycles. The Morgan fingerprint density at radius 1 is 0.774 bits per heavy atom. The molecule has 0 saturated carbocycles. The van der Waals surface area contributed by atoms with Crippen LogP contribution in [0, 0.1) is 6.92 Å². The van der Waals surface area contributed by atoms with Gasteiger partial charge in [0.25, 0.3) is 0 Å². The highest BCUT2D eigenvalue weighted by atomic mass is 32.1. The smallest absolute Gasteiger partial charge is 0.128 e. The minimum absolute atomic E-state index is 0.0408. The van der Waals surface area contributed by atoms with E-state index < -0.39 is 0 Å². The minimum atomic E-state index is 0.0408. The standard InChI is InChI=1S/C27H22N2S2/c1-15-11-17-9-10-20-22-23(28-14-29-26(22)31-25(20)24(17)30-15)18-12-16-7-5-6-8-19(16)21(13-18)27(2,3)4/h5-14H,1-4H3. The van der Waals surface area contributed by atoms with Gasteiger partial charge in [-0.2, -0.15) is 0 Å². The minimum Gasteiger partial charge on any atom is -0.236 e. The Hall–Kier alpha value is -2.82. The van der Waals surface area contributed by atoms with Crippen molar-refractivity contribution in [2.45, 2.75) is 33.1 Å². The third-order valence-corrected chi connectivity index (χ3v) is 8.33. The molecule has 6 rings (SSSR count). The summed E-state index contributed by atoms with van der Waals surface area (Å²) in [4.78, 5) is 11.9. The number of hydrogen-bond donors (Lipinski definition) is 0. The molecule has 3 aromatic heterocycles. The predicted molar refractivity (Wildman–Crippen MR) is 137 cm³/mol. The monoisotopic (exact) mass is 438 g/mol. The summed E-state index contributed by atoms with van der Waals surface area (Å²) in [6.07, 6.45) is 1.72. The largest absolute Gasteiger partial charge is 0.236 e. The molecule has 0 fully saturated rings. The summed E-state index contributed by atoms with van der Waals surface area (Å²) in [6.45, 7) is 9.02. The first kappa shape index (κ1) is 18.9. The van der Waals surface area contributed by atoms with E-state index in [1.54, 1.807) is 17.7 Å². The van der Waals surface area contributed by atoms with Gasteiger partial charge in [-0.05, 0) is 52.3 Å². The zero-order valence-corrected chi connectivity index (χ0v) is 19.6. The molecule has 0 aliphatic carbocycles. The van der Waals surface area contributed by atoms with E-state index in [4.69, 9.17) is 4.98 Å². The highest BCUT2D eigenvalue weighted by Crippen LogP contribution is 2.44. The van der Waals surface area contributed by atoms with Gasteiger partial charge >= 0.3 is 0 Å². The maximum absolute atomic E-state index is 4.81. The van der Waals surface area contributed by atoms with Gasteiger partial charge in [0.15, 0.2) is 0 Å². The van der Waals surface area contributed by atoms with Gasteiger partial charge in [-0.15, -0.1) is 22.7 Å². The highest BCUT2D eigenvalue weighted by Gasteiger charge is 2.21. The van der Waals surface area contributed by atoms with Crippen molar-refractivity contribution >= 4 is 63.8 Å². The van der Waals surface area contributed by atoms with Gasteiger partial charge in [-0.1, -0.05) is 57.2 Å². The van der Waals surface area contributed by atoms with Crippen molar-refractivity contribution in [2.24, 2.45) is 0 Å². The van der Waals surface area contributed by atoms with Crippen LogP contribution >= 0.6 is 22.7 Å². The Labute approximate surface area is 189 Å². The quantitative estimate of drug-likeness (QED) is 0.257. The highest BCUT2D eigenvalue weighted by molar-refractivity contribution is 7.30. The van der Waals surface area contributed by atoms with Crippen LogP contribution in [-0.2, 0) is 5.41 Å². The molecule has 0 unspecified atom stereocenters. The van der Waals surface area contributed by atoms with E-state index in [1.165, 1.54) is 46.8 Å². The molecular weight excluding hydrogens is 416 g/mol. The van der Waals surface area contributed by atoms with E-state index in [2.05, 4.69) is 87.3 Å². The fraction of sp³-hybridized carbons (Fsp3) is 0.185. The molecule has 3 aromatic carbocycles. The Bertz CT molecular complexity index is 1630. The van der Waals surface area contributed by atoms with Crippen molar-refractivity contribution in [3.63, 3.8) is 0 Å². The molecule has 0 aliphatic heterocycles. The van der Waals surface area contributed by atoms with Gasteiger partial charge in [0, 0.05) is 21.2 Å². The number of aryl methyl sites for hydroxylation is 1. The van der Waals surface area contributed by atoms with Crippen molar-refractivity contribution in [1.82, 2.24) is 9.97 Å². The molecule has 152 valence electrons. The lowest BCUT2D eigenvalue weighted by Crippen LogP contribution is -2.12. The van der Waals surface area contributed by atoms with Crippen LogP contribution in [0.5, 0.6) is 0 Å². The summed E-state index contributed by atoms with van der Waals surface area (Å²) in [5.41, 5.74) is 3.58. The molecule has 4 heteroatoms. The van der Waals surface area contributed by atoms with Crippen molar-refractivity contribution in [2.75, 3.05) is 0 Å². The van der Waals surface area contributed by atoms with E-state index in [0.717, 1.165) is 16.1 Å². The van der Waals surface area contributed by atoms with Crippen LogP contribution in [0.2, 0.25) is 0 Å². The lowest BCUT2D eigenvalue weighted by Gasteiger charge is -2.22. The SMILES string of the molecule is Cc1cc2ccc3c(sc4ncnc(-c5cc(C(C)(C)C)c6ccccc6c5)c43)c2s1. The number of aromatic nitrogens is 2. The maximum atomic E-state index is 4.81. The van der Waals surface area contributed by atoms with Crippen LogP contribution in [0.3, 0.4) is 0 Å². The molecule has 0 aliphatic rings. The predicted octanol–water partition coefficient (Wildman–Crippen LogP) is 8.49. The number of thiophene rings is 2. The second-order valence-corrected chi connectivity index (χ2v) is 11.5. The molecule has 0 atom stereocenters. The van der Waals surface area contributed by atoms with Crippen LogP contribution < -0.4 is 0 Å². The molecular formula is C27H22N2S2. The molecule has 2 nitrogen and oxygen atoms in total. The van der Waals surface area contributed by atoms with Gasteiger partial charge in [0.2, 0.25) is 0 Å². The molecule has 6 aromatic rings. The first-order valence-electron chi connectivity index (χ1n) is 10.5. The molecule has 0 amide bonds. The van der Waals surface area contributed by atoms with Gasteiger partial charge in [0.1, 0.15) is 11.2 Å². The third-order valence-electron chi connectivity index (χ3n) is 5.99. The van der Waals surface area contributed by atoms with E-state index in [-0.39, 0.29) is 5.41 Å². The summed E-state index contributed by atoms with van der Waals surface area (Å²) in [7, 11) is 0. The number of nitrogens with zero attached hydrogens (tertiary/aromatic N) is 2. The zero-order chi connectivity index (χ0) is 21.3. The number of rotatable bonds is 1. The molecule has 0 bridgehead atoms. The van der Waals surface area contributed by atoms with Gasteiger partial charge < -0.3 is 0 Å². The Morgan fingerprint density at radius 2 is 1.61 bits per heavy atom. The maximum Gasteiger partial charge on any atom is 0.128 e. The Morgan fingerprint density at radius 3 is 2.45 bits per heavy atom. The number of fused-ring (bicyclic) bond motifs is 6. The van der Waals surface area contributed by atoms with Crippen molar-refractivity contribution in [3.8, 4) is 11.3 Å². The van der Waals surface area contributed by atoms with Crippen LogP contribution in [-0.4, -0.2) is 9.97 Å². The normalized spacial score (nSPS) is 12.5. The Kier molecular flexibility index (Phi) is 4.02. The second kappa shape index (κ2) is 6.59. The third kappa shape index (κ3) is 2.89. The van der Waals surface area contributed by atoms with Crippen molar-refractivity contribution in [3.05, 3.63) is 71.4 Å². The fourth-order valence-electron chi connectivity index (χ4n) is 4.58. The molecule has 31 heavy (non-hydrogen) atoms. The van der Waals surface area contributed by atoms with Crippen LogP contribution in [0.1, 0.15) is 31.2 Å². The number of hydrogen-bond acceptors (Lipinski definition) is 4. The second-order valence-electron chi connectivity index (χ2n) is 9.22. The van der Waals surface area contributed by atoms with E-state index >= 15 is 0 Å². The summed E-state index contributed by atoms with van der Waals surface area (Å²) in [6, 6.07) is 20.1. The average molecular weight is 439 g/mol. The summed E-state index contributed by atoms with van der Waals surface area (Å²) in [5.74, 6) is 0. The number of benzene rings is 3. The van der Waals surface area contributed by atoms with E-state index in [0.29, 0.717) is 0 Å². The molecule has 3 heterocycles. The van der Waals surface area contributed by atoms with E-state index in [9.17, 15) is 0 Å². The van der Waals surface area contributed by atoms with Crippen LogP contribution in [0.4, 0.5) is 0 Å². The fourth-order valence-corrected chi connectivity index (χ4v) is 6.88. The van der Waals surface area contributed by atoms with Crippen molar-refractivity contribution < 1.29 is 0 Å². The van der Waals surface area contributed by atoms with Crippen LogP contribution in [0.15, 0.2) is 60.9 Å². The van der Waals surface area contributed by atoms with Gasteiger partial charge in [-0.25, -0.2) is 9.97 Å². The summed E-state index contributed by atoms with van der Waals surface area (Å²) >= 11 is 3.65. The average Bonchev–Trinajstić information content (AvgIpc) is 3.31. The molecule has 0 N–H and O–H groups in total. The van der Waals surface area contributed by atoms with E-state index in [1.807, 2.05) is 11.3 Å². The topological polar surface area (TPSA) is 25.8 Å². The Balaban J connectivity index is 1.72. The lowest BCUT2D eigenvalue weighted by atomic mass is 9.82. The van der Waals surface area contributed by atoms with Crippen molar-refractivity contribution in [1.29, 1.82) is 0 Å². The first-order chi connectivity index (χ1) is 14.9. The molecule has 0 radical (unpaired) electrons.